The van der Waals surface area contributed by atoms with Gasteiger partial charge in [-0.05, 0) is 43.4 Å². The maximum absolute atomic E-state index is 12.1. The SMILES string of the molecule is CNS(=O)(=O)c1ccc(C(=O)Nc2ccc3[nH]ccc3c2)o1. The Morgan fingerprint density at radius 1 is 1.18 bits per heavy atom. The number of aromatic amines is 1. The van der Waals surface area contributed by atoms with E-state index in [0.29, 0.717) is 5.69 Å². The van der Waals surface area contributed by atoms with Crippen LogP contribution in [0.4, 0.5) is 5.69 Å². The van der Waals surface area contributed by atoms with E-state index < -0.39 is 15.9 Å². The number of H-pyrrole nitrogens is 1. The van der Waals surface area contributed by atoms with Crippen LogP contribution in [0.5, 0.6) is 0 Å². The number of furan rings is 1. The van der Waals surface area contributed by atoms with Crippen molar-refractivity contribution < 1.29 is 17.6 Å². The molecule has 0 saturated carbocycles. The van der Waals surface area contributed by atoms with Crippen LogP contribution < -0.4 is 10.0 Å². The van der Waals surface area contributed by atoms with Crippen LogP contribution in [0.15, 0.2) is 52.1 Å². The molecule has 0 fully saturated rings. The zero-order valence-electron chi connectivity index (χ0n) is 11.6. The van der Waals surface area contributed by atoms with E-state index in [9.17, 15) is 13.2 Å². The van der Waals surface area contributed by atoms with Gasteiger partial charge in [0.15, 0.2) is 5.76 Å². The van der Waals surface area contributed by atoms with E-state index in [1.54, 1.807) is 18.3 Å². The molecule has 3 rings (SSSR count). The average Bonchev–Trinajstić information content (AvgIpc) is 3.16. The molecule has 3 N–H and O–H groups in total. The third-order valence-corrected chi connectivity index (χ3v) is 4.44. The van der Waals surface area contributed by atoms with Crippen LogP contribution in [0.3, 0.4) is 0 Å². The van der Waals surface area contributed by atoms with Gasteiger partial charge in [0.25, 0.3) is 15.9 Å². The molecule has 3 aromatic rings. The molecule has 0 spiro atoms. The zero-order valence-corrected chi connectivity index (χ0v) is 12.4. The minimum absolute atomic E-state index is 0.0806. The predicted octanol–water partition coefficient (Wildman–Crippen LogP) is 1.92. The van der Waals surface area contributed by atoms with E-state index in [4.69, 9.17) is 4.42 Å². The summed E-state index contributed by atoms with van der Waals surface area (Å²) < 4.78 is 30.3. The second-order valence-corrected chi connectivity index (χ2v) is 6.38. The molecular formula is C14H13N3O4S. The molecular weight excluding hydrogens is 306 g/mol. The number of rotatable bonds is 4. The molecule has 114 valence electrons. The van der Waals surface area contributed by atoms with Crippen LogP contribution in [0, 0.1) is 0 Å². The van der Waals surface area contributed by atoms with Gasteiger partial charge in [-0.2, -0.15) is 0 Å². The van der Waals surface area contributed by atoms with Gasteiger partial charge >= 0.3 is 0 Å². The molecule has 2 heterocycles. The van der Waals surface area contributed by atoms with Gasteiger partial charge in [0.1, 0.15) is 0 Å². The van der Waals surface area contributed by atoms with Crippen molar-refractivity contribution in [3.05, 3.63) is 48.4 Å². The number of carbonyl (C=O) groups is 1. The smallest absolute Gasteiger partial charge is 0.291 e. The standard InChI is InChI=1S/C14H13N3O4S/c1-15-22(19,20)13-5-4-12(21-13)14(18)17-10-2-3-11-9(8-10)6-7-16-11/h2-8,15-16H,1H3,(H,17,18). The maximum atomic E-state index is 12.1. The number of sulfonamides is 1. The summed E-state index contributed by atoms with van der Waals surface area (Å²) in [6.45, 7) is 0. The maximum Gasteiger partial charge on any atom is 0.291 e. The zero-order chi connectivity index (χ0) is 15.7. The minimum Gasteiger partial charge on any atom is -0.438 e. The molecule has 0 saturated heterocycles. The van der Waals surface area contributed by atoms with Crippen LogP contribution in [-0.4, -0.2) is 26.4 Å². The van der Waals surface area contributed by atoms with Gasteiger partial charge in [0.2, 0.25) is 5.09 Å². The van der Waals surface area contributed by atoms with Gasteiger partial charge in [-0.1, -0.05) is 0 Å². The van der Waals surface area contributed by atoms with Crippen molar-refractivity contribution in [2.75, 3.05) is 12.4 Å². The normalized spacial score (nSPS) is 11.7. The second-order valence-electron chi connectivity index (χ2n) is 4.56. The Kier molecular flexibility index (Phi) is 3.47. The summed E-state index contributed by atoms with van der Waals surface area (Å²) in [6, 6.07) is 9.81. The van der Waals surface area contributed by atoms with Crippen molar-refractivity contribution in [2.45, 2.75) is 5.09 Å². The Hall–Kier alpha value is -2.58. The monoisotopic (exact) mass is 319 g/mol. The summed E-state index contributed by atoms with van der Waals surface area (Å²) in [5.74, 6) is -0.601. The highest BCUT2D eigenvalue weighted by Crippen LogP contribution is 2.19. The van der Waals surface area contributed by atoms with Gasteiger partial charge in [-0.3, -0.25) is 4.79 Å². The van der Waals surface area contributed by atoms with Gasteiger partial charge in [-0.15, -0.1) is 0 Å². The minimum atomic E-state index is -3.71. The largest absolute Gasteiger partial charge is 0.438 e. The molecule has 1 aromatic carbocycles. The number of aromatic nitrogens is 1. The summed E-state index contributed by atoms with van der Waals surface area (Å²) in [5, 5.41) is 3.31. The molecule has 0 radical (unpaired) electrons. The van der Waals surface area contributed by atoms with E-state index in [0.717, 1.165) is 10.9 Å². The van der Waals surface area contributed by atoms with Crippen LogP contribution in [0.1, 0.15) is 10.6 Å². The van der Waals surface area contributed by atoms with Crippen molar-refractivity contribution in [1.29, 1.82) is 0 Å². The van der Waals surface area contributed by atoms with Gasteiger partial charge < -0.3 is 14.7 Å². The molecule has 2 aromatic heterocycles. The Morgan fingerprint density at radius 2 is 2.00 bits per heavy atom. The van der Waals surface area contributed by atoms with Crippen molar-refractivity contribution in [3.8, 4) is 0 Å². The van der Waals surface area contributed by atoms with E-state index in [2.05, 4.69) is 15.0 Å². The Labute approximate surface area is 126 Å². The summed E-state index contributed by atoms with van der Waals surface area (Å²) >= 11 is 0. The van der Waals surface area contributed by atoms with Gasteiger partial charge in [-0.25, -0.2) is 13.1 Å². The quantitative estimate of drug-likeness (QED) is 0.683. The summed E-state index contributed by atoms with van der Waals surface area (Å²) in [5.41, 5.74) is 1.55. The van der Waals surface area contributed by atoms with Crippen LogP contribution in [-0.2, 0) is 10.0 Å². The first kappa shape index (κ1) is 14.4. The first-order valence-corrected chi connectivity index (χ1v) is 7.90. The molecule has 0 aliphatic rings. The van der Waals surface area contributed by atoms with Crippen molar-refractivity contribution in [1.82, 2.24) is 9.71 Å². The number of fused-ring (bicyclic) bond motifs is 1. The Morgan fingerprint density at radius 3 is 2.77 bits per heavy atom. The number of hydrogen-bond acceptors (Lipinski definition) is 4. The topological polar surface area (TPSA) is 104 Å². The number of carbonyl (C=O) groups excluding carboxylic acids is 1. The lowest BCUT2D eigenvalue weighted by Gasteiger charge is -2.03. The van der Waals surface area contributed by atoms with E-state index in [-0.39, 0.29) is 10.9 Å². The third-order valence-electron chi connectivity index (χ3n) is 3.15. The first-order chi connectivity index (χ1) is 10.5. The van der Waals surface area contributed by atoms with Gasteiger partial charge in [0.05, 0.1) is 0 Å². The fourth-order valence-electron chi connectivity index (χ4n) is 2.01. The fourth-order valence-corrected chi connectivity index (χ4v) is 2.66. The molecule has 7 nitrogen and oxygen atoms in total. The van der Waals surface area contributed by atoms with Crippen molar-refractivity contribution in [2.24, 2.45) is 0 Å². The van der Waals surface area contributed by atoms with Crippen LogP contribution in [0.25, 0.3) is 10.9 Å². The second kappa shape index (κ2) is 5.32. The first-order valence-electron chi connectivity index (χ1n) is 6.41. The van der Waals surface area contributed by atoms with Gasteiger partial charge in [0, 0.05) is 22.8 Å². The van der Waals surface area contributed by atoms with Crippen LogP contribution >= 0.6 is 0 Å². The fraction of sp³-hybridized carbons (Fsp3) is 0.0714. The highest BCUT2D eigenvalue weighted by atomic mass is 32.2. The summed E-state index contributed by atoms with van der Waals surface area (Å²) in [6.07, 6.45) is 1.80. The van der Waals surface area contributed by atoms with Crippen molar-refractivity contribution >= 4 is 32.5 Å². The van der Waals surface area contributed by atoms with Crippen molar-refractivity contribution in [3.63, 3.8) is 0 Å². The average molecular weight is 319 g/mol. The van der Waals surface area contributed by atoms with E-state index in [1.807, 2.05) is 12.1 Å². The summed E-state index contributed by atoms with van der Waals surface area (Å²) in [4.78, 5) is 15.1. The molecule has 0 aliphatic heterocycles. The number of anilines is 1. The van der Waals surface area contributed by atoms with Crippen LogP contribution in [0.2, 0.25) is 0 Å². The van der Waals surface area contributed by atoms with E-state index in [1.165, 1.54) is 19.2 Å². The number of benzene rings is 1. The lowest BCUT2D eigenvalue weighted by Crippen LogP contribution is -2.18. The number of nitrogens with one attached hydrogen (secondary N) is 3. The highest BCUT2D eigenvalue weighted by Gasteiger charge is 2.19. The molecule has 1 amide bonds. The molecule has 0 aliphatic carbocycles. The molecule has 0 unspecified atom stereocenters. The number of amides is 1. The molecule has 8 heteroatoms. The third kappa shape index (κ3) is 2.61. The predicted molar refractivity (Wildman–Crippen MR) is 81.2 cm³/mol. The summed E-state index contributed by atoms with van der Waals surface area (Å²) in [7, 11) is -2.44. The number of hydrogen-bond donors (Lipinski definition) is 3. The molecule has 0 bridgehead atoms. The molecule has 22 heavy (non-hydrogen) atoms. The molecule has 0 atom stereocenters. The Balaban J connectivity index is 1.82. The van der Waals surface area contributed by atoms with E-state index >= 15 is 0 Å². The Bertz CT molecular complexity index is 940. The lowest BCUT2D eigenvalue weighted by molar-refractivity contribution is 0.0991. The highest BCUT2D eigenvalue weighted by molar-refractivity contribution is 7.89. The lowest BCUT2D eigenvalue weighted by atomic mass is 10.2.